The summed E-state index contributed by atoms with van der Waals surface area (Å²) in [5.74, 6) is 2.06. The Hall–Kier alpha value is -2.62. The van der Waals surface area contributed by atoms with E-state index in [1.807, 2.05) is 0 Å². The number of nitrogens with zero attached hydrogens (tertiary/aromatic N) is 4. The topological polar surface area (TPSA) is 31.2 Å². The smallest absolute Gasteiger partial charge is 0.223 e. The minimum atomic E-state index is -0.0286. The molecule has 27 heavy (non-hydrogen) atoms. The van der Waals surface area contributed by atoms with Crippen molar-refractivity contribution in [3.8, 4) is 0 Å². The first-order valence-corrected chi connectivity index (χ1v) is 10.0. The number of aliphatic imine (C=N–C) groups is 2. The van der Waals surface area contributed by atoms with Gasteiger partial charge in [-0.3, -0.25) is 0 Å². The molecule has 2 aromatic rings. The summed E-state index contributed by atoms with van der Waals surface area (Å²) in [7, 11) is 2.14. The quantitative estimate of drug-likeness (QED) is 0.602. The summed E-state index contributed by atoms with van der Waals surface area (Å²) in [6, 6.07) is 21.1. The Labute approximate surface area is 162 Å². The maximum Gasteiger partial charge on any atom is 0.223 e. The molecule has 0 bridgehead atoms. The molecule has 0 aromatic heterocycles. The van der Waals surface area contributed by atoms with E-state index in [0.29, 0.717) is 0 Å². The maximum atomic E-state index is 5.22. The lowest BCUT2D eigenvalue weighted by Crippen LogP contribution is -2.30. The van der Waals surface area contributed by atoms with Gasteiger partial charge in [-0.15, -0.1) is 0 Å². The Balaban J connectivity index is 1.76. The van der Waals surface area contributed by atoms with E-state index in [2.05, 4.69) is 77.5 Å². The fourth-order valence-electron chi connectivity index (χ4n) is 3.88. The molecule has 2 aromatic carbocycles. The van der Waals surface area contributed by atoms with Crippen LogP contribution in [0.1, 0.15) is 42.9 Å². The number of hydrogen-bond acceptors (Lipinski definition) is 1. The van der Waals surface area contributed by atoms with E-state index in [0.717, 1.165) is 32.0 Å². The first-order chi connectivity index (χ1) is 13.3. The number of hydrogen-bond donors (Lipinski definition) is 0. The van der Waals surface area contributed by atoms with Gasteiger partial charge in [-0.2, -0.15) is 0 Å². The molecule has 0 atom stereocenters. The van der Waals surface area contributed by atoms with Crippen molar-refractivity contribution in [2.24, 2.45) is 9.98 Å². The van der Waals surface area contributed by atoms with Crippen LogP contribution >= 0.6 is 0 Å². The monoisotopic (exact) mass is 360 g/mol. The van der Waals surface area contributed by atoms with Gasteiger partial charge in [0.25, 0.3) is 0 Å². The summed E-state index contributed by atoms with van der Waals surface area (Å²) in [5.41, 5.74) is 2.42. The Kier molecular flexibility index (Phi) is 5.52. The number of rotatable bonds is 3. The molecule has 2 aliphatic heterocycles. The Morgan fingerprint density at radius 2 is 1.41 bits per heavy atom. The van der Waals surface area contributed by atoms with E-state index in [1.54, 1.807) is 0 Å². The van der Waals surface area contributed by atoms with Crippen LogP contribution in [0.3, 0.4) is 0 Å². The van der Waals surface area contributed by atoms with Gasteiger partial charge >= 0.3 is 0 Å². The van der Waals surface area contributed by atoms with Crippen molar-refractivity contribution >= 4 is 11.8 Å². The summed E-state index contributed by atoms with van der Waals surface area (Å²) in [5, 5.41) is 0. The summed E-state index contributed by atoms with van der Waals surface area (Å²) in [6.45, 7) is 3.19. The van der Waals surface area contributed by atoms with Crippen LogP contribution < -0.4 is 0 Å². The molecule has 2 fully saturated rings. The van der Waals surface area contributed by atoms with Crippen LogP contribution in [0.15, 0.2) is 70.6 Å². The van der Waals surface area contributed by atoms with Crippen LogP contribution in [0, 0.1) is 0 Å². The second-order valence-electron chi connectivity index (χ2n) is 7.40. The average molecular weight is 361 g/mol. The predicted molar refractivity (Wildman–Crippen MR) is 112 cm³/mol. The highest BCUT2D eigenvalue weighted by atomic mass is 15.3. The molecule has 0 saturated carbocycles. The number of guanidine groups is 1. The second kappa shape index (κ2) is 8.38. The molecule has 0 radical (unpaired) electrons. The Morgan fingerprint density at radius 3 is 1.93 bits per heavy atom. The van der Waals surface area contributed by atoms with Crippen LogP contribution in [-0.4, -0.2) is 48.3 Å². The summed E-state index contributed by atoms with van der Waals surface area (Å²) in [4.78, 5) is 14.9. The zero-order chi connectivity index (χ0) is 18.5. The average Bonchev–Trinajstić information content (AvgIpc) is 3.39. The molecule has 0 unspecified atom stereocenters. The van der Waals surface area contributed by atoms with E-state index in [4.69, 9.17) is 9.98 Å². The molecule has 2 aliphatic rings. The lowest BCUT2D eigenvalue weighted by atomic mass is 9.99. The zero-order valence-corrected chi connectivity index (χ0v) is 16.1. The molecule has 0 N–H and O–H groups in total. The highest BCUT2D eigenvalue weighted by Gasteiger charge is 2.22. The highest BCUT2D eigenvalue weighted by Crippen LogP contribution is 2.27. The molecule has 0 aliphatic carbocycles. The molecule has 4 rings (SSSR count). The molecular weight excluding hydrogens is 332 g/mol. The van der Waals surface area contributed by atoms with Gasteiger partial charge in [0.2, 0.25) is 5.96 Å². The highest BCUT2D eigenvalue weighted by molar-refractivity contribution is 5.97. The van der Waals surface area contributed by atoms with E-state index in [1.165, 1.54) is 36.2 Å². The standard InChI is InChI=1S/C23H28N4/c1-26-16-10-15-21(26)24-23(27-17-8-9-18-27)25-22(19-11-4-2-5-12-19)20-13-6-3-7-14-20/h2-7,11-14,22H,8-10,15-18H2,1H3. The van der Waals surface area contributed by atoms with Crippen molar-refractivity contribution in [3.05, 3.63) is 71.8 Å². The van der Waals surface area contributed by atoms with Gasteiger partial charge in [-0.25, -0.2) is 9.98 Å². The van der Waals surface area contributed by atoms with Crippen molar-refractivity contribution in [2.75, 3.05) is 26.7 Å². The third-order valence-corrected chi connectivity index (χ3v) is 5.43. The largest absolute Gasteiger partial charge is 0.363 e. The fourth-order valence-corrected chi connectivity index (χ4v) is 3.88. The second-order valence-corrected chi connectivity index (χ2v) is 7.40. The molecule has 4 nitrogen and oxygen atoms in total. The van der Waals surface area contributed by atoms with Crippen LogP contribution in [0.5, 0.6) is 0 Å². The third kappa shape index (κ3) is 4.21. The van der Waals surface area contributed by atoms with Crippen molar-refractivity contribution < 1.29 is 0 Å². The lowest BCUT2D eigenvalue weighted by molar-refractivity contribution is 0.504. The SMILES string of the molecule is CN1CCCC1=NC(=NC(c1ccccc1)c1ccccc1)N1CCCC1. The molecular formula is C23H28N4. The Bertz CT molecular complexity index is 752. The van der Waals surface area contributed by atoms with Gasteiger partial charge in [0.05, 0.1) is 0 Å². The first kappa shape index (κ1) is 17.8. The van der Waals surface area contributed by atoms with E-state index in [-0.39, 0.29) is 6.04 Å². The van der Waals surface area contributed by atoms with Crippen LogP contribution in [0.2, 0.25) is 0 Å². The van der Waals surface area contributed by atoms with Gasteiger partial charge in [-0.1, -0.05) is 60.7 Å². The zero-order valence-electron chi connectivity index (χ0n) is 16.1. The van der Waals surface area contributed by atoms with Crippen molar-refractivity contribution in [1.29, 1.82) is 0 Å². The van der Waals surface area contributed by atoms with Gasteiger partial charge in [0.15, 0.2) is 0 Å². The normalized spacial score (nSPS) is 19.5. The van der Waals surface area contributed by atoms with Crippen molar-refractivity contribution in [3.63, 3.8) is 0 Å². The lowest BCUT2D eigenvalue weighted by Gasteiger charge is -2.22. The van der Waals surface area contributed by atoms with Crippen molar-refractivity contribution in [2.45, 2.75) is 31.7 Å². The maximum absolute atomic E-state index is 5.22. The van der Waals surface area contributed by atoms with E-state index in [9.17, 15) is 0 Å². The van der Waals surface area contributed by atoms with Gasteiger partial charge in [0, 0.05) is 33.1 Å². The van der Waals surface area contributed by atoms with Gasteiger partial charge in [0.1, 0.15) is 11.9 Å². The minimum absolute atomic E-state index is 0.0286. The summed E-state index contributed by atoms with van der Waals surface area (Å²) >= 11 is 0. The van der Waals surface area contributed by atoms with E-state index < -0.39 is 0 Å². The third-order valence-electron chi connectivity index (χ3n) is 5.43. The number of amidine groups is 1. The number of benzene rings is 2. The van der Waals surface area contributed by atoms with Gasteiger partial charge in [-0.05, 0) is 30.4 Å². The molecule has 4 heteroatoms. The van der Waals surface area contributed by atoms with Gasteiger partial charge < -0.3 is 9.80 Å². The summed E-state index contributed by atoms with van der Waals surface area (Å²) in [6.07, 6.45) is 4.68. The molecule has 2 heterocycles. The van der Waals surface area contributed by atoms with Crippen LogP contribution in [0.25, 0.3) is 0 Å². The molecule has 2 saturated heterocycles. The minimum Gasteiger partial charge on any atom is -0.363 e. The van der Waals surface area contributed by atoms with Crippen molar-refractivity contribution in [1.82, 2.24) is 9.80 Å². The Morgan fingerprint density at radius 1 is 0.815 bits per heavy atom. The molecule has 140 valence electrons. The fraction of sp³-hybridized carbons (Fsp3) is 0.391. The van der Waals surface area contributed by atoms with E-state index >= 15 is 0 Å². The van der Waals surface area contributed by atoms with Crippen LogP contribution in [-0.2, 0) is 0 Å². The molecule has 0 amide bonds. The predicted octanol–water partition coefficient (Wildman–Crippen LogP) is 4.35. The molecule has 0 spiro atoms. The number of likely N-dealkylation sites (tertiary alicyclic amines) is 2. The summed E-state index contributed by atoms with van der Waals surface area (Å²) < 4.78 is 0. The van der Waals surface area contributed by atoms with Crippen LogP contribution in [0.4, 0.5) is 0 Å². The first-order valence-electron chi connectivity index (χ1n) is 10.0.